The average molecular weight is 735 g/mol. The molecule has 0 spiro atoms. The quantitative estimate of drug-likeness (QED) is 0.168. The molecule has 0 radical (unpaired) electrons. The maximum absolute atomic E-state index is 15.0. The van der Waals surface area contributed by atoms with Crippen LogP contribution in [0, 0.1) is 17.3 Å². The van der Waals surface area contributed by atoms with Crippen LogP contribution in [0.4, 0.5) is 51.3 Å². The number of aromatic nitrogens is 2. The number of hydrogen-bond donors (Lipinski definition) is 2. The van der Waals surface area contributed by atoms with Gasteiger partial charge in [-0.25, -0.2) is 9.98 Å². The fourth-order valence-corrected chi connectivity index (χ4v) is 6.88. The molecular formula is C34H39F9N6O2. The molecule has 2 aliphatic heterocycles. The second kappa shape index (κ2) is 15.3. The van der Waals surface area contributed by atoms with Crippen LogP contribution < -0.4 is 15.1 Å². The van der Waals surface area contributed by atoms with Gasteiger partial charge in [-0.15, -0.1) is 0 Å². The SMILES string of the molecule is O=C(O)C1CCN(c2ccnc(N(Cc3cc(C(F)(F)F)cc(C(F)(F)F)c3)CC3(C(F)(F)F)C=NC(NCCCC4CCCC4)=CC3)n2)CC1. The van der Waals surface area contributed by atoms with E-state index in [2.05, 4.69) is 20.3 Å². The number of aliphatic imine (C=N–C) groups is 1. The zero-order chi connectivity index (χ0) is 37.0. The van der Waals surface area contributed by atoms with E-state index in [4.69, 9.17) is 0 Å². The first-order chi connectivity index (χ1) is 23.9. The van der Waals surface area contributed by atoms with Crippen molar-refractivity contribution in [3.8, 4) is 0 Å². The summed E-state index contributed by atoms with van der Waals surface area (Å²) in [6.07, 6.45) is -5.60. The summed E-state index contributed by atoms with van der Waals surface area (Å²) in [7, 11) is 0. The first-order valence-electron chi connectivity index (χ1n) is 16.8. The molecule has 1 saturated carbocycles. The fraction of sp³-hybridized carbons (Fsp3) is 0.588. The molecule has 51 heavy (non-hydrogen) atoms. The number of benzene rings is 1. The Morgan fingerprint density at radius 3 is 2.16 bits per heavy atom. The third-order valence-corrected chi connectivity index (χ3v) is 9.82. The van der Waals surface area contributed by atoms with E-state index in [1.54, 1.807) is 4.90 Å². The van der Waals surface area contributed by atoms with Crippen LogP contribution in [0.5, 0.6) is 0 Å². The number of aliphatic carboxylic acids is 1. The number of allylic oxidation sites excluding steroid dienone is 1. The van der Waals surface area contributed by atoms with E-state index in [-0.39, 0.29) is 49.6 Å². The highest BCUT2D eigenvalue weighted by atomic mass is 19.4. The lowest BCUT2D eigenvalue weighted by molar-refractivity contribution is -0.192. The van der Waals surface area contributed by atoms with Crippen LogP contribution in [0.3, 0.4) is 0 Å². The number of nitrogens with one attached hydrogen (secondary N) is 1. The van der Waals surface area contributed by atoms with E-state index in [9.17, 15) is 49.4 Å². The van der Waals surface area contributed by atoms with Gasteiger partial charge < -0.3 is 20.2 Å². The highest BCUT2D eigenvalue weighted by Crippen LogP contribution is 2.44. The molecule has 2 fully saturated rings. The van der Waals surface area contributed by atoms with E-state index in [0.717, 1.165) is 24.0 Å². The number of rotatable bonds is 12. The van der Waals surface area contributed by atoms with Crippen molar-refractivity contribution in [2.45, 2.75) is 82.9 Å². The van der Waals surface area contributed by atoms with Crippen LogP contribution >= 0.6 is 0 Å². The average Bonchev–Trinajstić information content (AvgIpc) is 3.59. The van der Waals surface area contributed by atoms with Crippen molar-refractivity contribution in [1.82, 2.24) is 15.3 Å². The molecule has 3 heterocycles. The molecule has 1 saturated heterocycles. The van der Waals surface area contributed by atoms with Crippen molar-refractivity contribution >= 4 is 24.0 Å². The summed E-state index contributed by atoms with van der Waals surface area (Å²) < 4.78 is 127. The number of alkyl halides is 9. The summed E-state index contributed by atoms with van der Waals surface area (Å²) >= 11 is 0. The Kier molecular flexibility index (Phi) is 11.4. The zero-order valence-electron chi connectivity index (χ0n) is 27.6. The van der Waals surface area contributed by atoms with Gasteiger partial charge in [-0.2, -0.15) is 44.5 Å². The van der Waals surface area contributed by atoms with Gasteiger partial charge in [-0.3, -0.25) is 4.79 Å². The molecule has 1 aromatic carbocycles. The van der Waals surface area contributed by atoms with Gasteiger partial charge in [0, 0.05) is 45.1 Å². The minimum absolute atomic E-state index is 0.0518. The minimum atomic E-state index is -5.17. The van der Waals surface area contributed by atoms with Gasteiger partial charge in [0.15, 0.2) is 0 Å². The number of hydrogen-bond acceptors (Lipinski definition) is 7. The summed E-state index contributed by atoms with van der Waals surface area (Å²) in [5.41, 5.74) is -6.48. The van der Waals surface area contributed by atoms with E-state index >= 15 is 0 Å². The monoisotopic (exact) mass is 734 g/mol. The third-order valence-electron chi connectivity index (χ3n) is 9.82. The van der Waals surface area contributed by atoms with Crippen LogP contribution in [0.15, 0.2) is 47.4 Å². The molecule has 3 aliphatic rings. The molecule has 0 bridgehead atoms. The van der Waals surface area contributed by atoms with Crippen molar-refractivity contribution < 1.29 is 49.4 Å². The van der Waals surface area contributed by atoms with Crippen LogP contribution in [-0.2, 0) is 23.7 Å². The Bertz CT molecular complexity index is 1550. The molecule has 2 aromatic rings. The van der Waals surface area contributed by atoms with Crippen molar-refractivity contribution in [3.63, 3.8) is 0 Å². The Balaban J connectivity index is 1.45. The van der Waals surface area contributed by atoms with Crippen molar-refractivity contribution in [3.05, 3.63) is 59.0 Å². The number of carboxylic acid groups (broad SMARTS) is 1. The van der Waals surface area contributed by atoms with Gasteiger partial charge in [0.2, 0.25) is 5.95 Å². The largest absolute Gasteiger partial charge is 0.481 e. The molecule has 1 atom stereocenters. The second-order valence-electron chi connectivity index (χ2n) is 13.5. The topological polar surface area (TPSA) is 94.0 Å². The Morgan fingerprint density at radius 1 is 0.961 bits per heavy atom. The number of halogens is 9. The van der Waals surface area contributed by atoms with Crippen LogP contribution in [-0.4, -0.2) is 59.6 Å². The summed E-state index contributed by atoms with van der Waals surface area (Å²) in [6, 6.07) is 2.32. The van der Waals surface area contributed by atoms with Crippen LogP contribution in [0.1, 0.15) is 74.5 Å². The van der Waals surface area contributed by atoms with E-state index in [1.165, 1.54) is 44.0 Å². The number of carbonyl (C=O) groups is 1. The molecule has 0 amide bonds. The highest BCUT2D eigenvalue weighted by molar-refractivity contribution is 5.72. The van der Waals surface area contributed by atoms with Gasteiger partial charge in [0.1, 0.15) is 17.1 Å². The number of piperidine rings is 1. The van der Waals surface area contributed by atoms with Crippen LogP contribution in [0.2, 0.25) is 0 Å². The van der Waals surface area contributed by atoms with Gasteiger partial charge in [-0.1, -0.05) is 25.7 Å². The van der Waals surface area contributed by atoms with E-state index in [1.807, 2.05) is 0 Å². The van der Waals surface area contributed by atoms with Gasteiger partial charge in [0.25, 0.3) is 0 Å². The molecule has 1 aliphatic carbocycles. The normalized spacial score (nSPS) is 20.8. The van der Waals surface area contributed by atoms with Crippen molar-refractivity contribution in [2.24, 2.45) is 22.2 Å². The van der Waals surface area contributed by atoms with Gasteiger partial charge >= 0.3 is 24.5 Å². The van der Waals surface area contributed by atoms with Crippen LogP contribution in [0.25, 0.3) is 0 Å². The standard InChI is InChI=1S/C34H39F9N6O2/c35-32(36,37)25-16-23(17-26(18-25)33(38,39)40)19-49(30-45-13-8-28(47-30)48-14-9-24(10-15-48)29(50)51)21-31(34(41,42)43)11-7-27(46-20-31)44-12-3-6-22-4-1-2-5-22/h7-8,13,16-18,20,22,24,44H,1-6,9-12,14-15,19,21H2,(H,50,51). The lowest BCUT2D eigenvalue weighted by Crippen LogP contribution is -2.50. The predicted molar refractivity (Wildman–Crippen MR) is 171 cm³/mol. The summed E-state index contributed by atoms with van der Waals surface area (Å²) in [6.45, 7) is -0.814. The van der Waals surface area contributed by atoms with Crippen molar-refractivity contribution in [1.29, 1.82) is 0 Å². The molecule has 17 heteroatoms. The number of nitrogens with zero attached hydrogens (tertiary/aromatic N) is 5. The molecule has 8 nitrogen and oxygen atoms in total. The first-order valence-corrected chi connectivity index (χ1v) is 16.8. The van der Waals surface area contributed by atoms with Gasteiger partial charge in [-0.05, 0) is 73.9 Å². The first kappa shape index (κ1) is 38.2. The highest BCUT2D eigenvalue weighted by Gasteiger charge is 2.55. The smallest absolute Gasteiger partial charge is 0.416 e. The Hall–Kier alpha value is -4.05. The lowest BCUT2D eigenvalue weighted by atomic mass is 9.82. The van der Waals surface area contributed by atoms with Gasteiger partial charge in [0.05, 0.1) is 17.0 Å². The van der Waals surface area contributed by atoms with E-state index < -0.39 is 72.0 Å². The van der Waals surface area contributed by atoms with E-state index in [0.29, 0.717) is 24.6 Å². The summed E-state index contributed by atoms with van der Waals surface area (Å²) in [4.78, 5) is 26.6. The second-order valence-corrected chi connectivity index (χ2v) is 13.5. The molecule has 280 valence electrons. The maximum Gasteiger partial charge on any atom is 0.416 e. The summed E-state index contributed by atoms with van der Waals surface area (Å²) in [5, 5.41) is 12.4. The molecule has 5 rings (SSSR count). The fourth-order valence-electron chi connectivity index (χ4n) is 6.88. The predicted octanol–water partition coefficient (Wildman–Crippen LogP) is 8.25. The molecule has 1 unspecified atom stereocenters. The van der Waals surface area contributed by atoms with Crippen molar-refractivity contribution in [2.75, 3.05) is 36.0 Å². The molecule has 1 aromatic heterocycles. The Morgan fingerprint density at radius 2 is 1.61 bits per heavy atom. The zero-order valence-corrected chi connectivity index (χ0v) is 27.6. The molecular weight excluding hydrogens is 695 g/mol. The molecule has 2 N–H and O–H groups in total. The Labute approximate surface area is 288 Å². The number of carboxylic acids is 1. The number of anilines is 2. The minimum Gasteiger partial charge on any atom is -0.481 e. The summed E-state index contributed by atoms with van der Waals surface area (Å²) in [5.74, 6) is -0.831. The third kappa shape index (κ3) is 9.64. The lowest BCUT2D eigenvalue weighted by Gasteiger charge is -2.38. The maximum atomic E-state index is 15.0.